The molecule has 1 fully saturated rings. The van der Waals surface area contributed by atoms with Gasteiger partial charge in [-0.15, -0.1) is 0 Å². The van der Waals surface area contributed by atoms with Gasteiger partial charge in [0, 0.05) is 31.9 Å². The highest BCUT2D eigenvalue weighted by Gasteiger charge is 2.30. The van der Waals surface area contributed by atoms with Crippen LogP contribution in [0.2, 0.25) is 0 Å². The van der Waals surface area contributed by atoms with Crippen molar-refractivity contribution in [1.82, 2.24) is 9.78 Å². The van der Waals surface area contributed by atoms with Crippen molar-refractivity contribution in [2.45, 2.75) is 44.2 Å². The quantitative estimate of drug-likeness (QED) is 0.835. The summed E-state index contributed by atoms with van der Waals surface area (Å²) in [7, 11) is -3.44. The Balaban J connectivity index is 2.48. The summed E-state index contributed by atoms with van der Waals surface area (Å²) in [6.07, 6.45) is 3.06. The fourth-order valence-corrected chi connectivity index (χ4v) is 3.68. The van der Waals surface area contributed by atoms with E-state index in [0.717, 1.165) is 19.4 Å². The van der Waals surface area contributed by atoms with Gasteiger partial charge in [0.1, 0.15) is 5.82 Å². The molecule has 0 saturated carbocycles. The van der Waals surface area contributed by atoms with Gasteiger partial charge in [0.05, 0.1) is 0 Å². The van der Waals surface area contributed by atoms with E-state index in [2.05, 4.69) is 5.10 Å². The summed E-state index contributed by atoms with van der Waals surface area (Å²) >= 11 is 0. The summed E-state index contributed by atoms with van der Waals surface area (Å²) in [6.45, 7) is 6.04. The van der Waals surface area contributed by atoms with Gasteiger partial charge >= 0.3 is 0 Å². The number of sulfone groups is 1. The molecule has 1 unspecified atom stereocenters. The molecular weight excluding hydrogens is 290 g/mol. The molecule has 1 aliphatic rings. The van der Waals surface area contributed by atoms with Crippen LogP contribution in [-0.4, -0.2) is 43.6 Å². The van der Waals surface area contributed by atoms with E-state index in [4.69, 9.17) is 11.5 Å². The molecule has 1 atom stereocenters. The zero-order valence-electron chi connectivity index (χ0n) is 12.9. The van der Waals surface area contributed by atoms with Crippen molar-refractivity contribution in [2.24, 2.45) is 11.7 Å². The standard InChI is InChI=1S/C13H25N5O2S/c1-9(2)7-18-12(15)11(21(3,19)20)13(16-18)17-6-4-5-10(14)8-17/h9-10H,4-8,14-15H2,1-3H3. The summed E-state index contributed by atoms with van der Waals surface area (Å²) < 4.78 is 25.8. The second kappa shape index (κ2) is 5.84. The molecule has 0 aromatic carbocycles. The van der Waals surface area contributed by atoms with Crippen LogP contribution in [-0.2, 0) is 16.4 Å². The minimum atomic E-state index is -3.44. The number of rotatable bonds is 4. The number of nitrogen functional groups attached to an aromatic ring is 1. The van der Waals surface area contributed by atoms with Crippen LogP contribution >= 0.6 is 0 Å². The lowest BCUT2D eigenvalue weighted by Crippen LogP contribution is -2.43. The molecule has 1 saturated heterocycles. The number of hydrogen-bond acceptors (Lipinski definition) is 6. The van der Waals surface area contributed by atoms with Gasteiger partial charge in [-0.1, -0.05) is 13.8 Å². The third-order valence-corrected chi connectivity index (χ3v) is 4.73. The van der Waals surface area contributed by atoms with Crippen molar-refractivity contribution in [2.75, 3.05) is 30.0 Å². The molecular formula is C13H25N5O2S. The van der Waals surface area contributed by atoms with E-state index >= 15 is 0 Å². The molecule has 1 aromatic heterocycles. The molecule has 7 nitrogen and oxygen atoms in total. The van der Waals surface area contributed by atoms with Crippen LogP contribution in [0.25, 0.3) is 0 Å². The Hall–Kier alpha value is -1.28. The van der Waals surface area contributed by atoms with Gasteiger partial charge in [-0.25, -0.2) is 13.1 Å². The van der Waals surface area contributed by atoms with Crippen molar-refractivity contribution in [3.8, 4) is 0 Å². The summed E-state index contributed by atoms with van der Waals surface area (Å²) in [4.78, 5) is 2.08. The van der Waals surface area contributed by atoms with Crippen LogP contribution in [0.5, 0.6) is 0 Å². The highest BCUT2D eigenvalue weighted by molar-refractivity contribution is 7.91. The number of aromatic nitrogens is 2. The van der Waals surface area contributed by atoms with E-state index in [1.54, 1.807) is 4.68 Å². The second-order valence-corrected chi connectivity index (χ2v) is 8.19. The van der Waals surface area contributed by atoms with Crippen molar-refractivity contribution in [3.05, 3.63) is 0 Å². The van der Waals surface area contributed by atoms with Crippen molar-refractivity contribution < 1.29 is 8.42 Å². The summed E-state index contributed by atoms with van der Waals surface area (Å²) in [5.41, 5.74) is 12.0. The minimum Gasteiger partial charge on any atom is -0.383 e. The number of piperidine rings is 1. The van der Waals surface area contributed by atoms with E-state index in [1.165, 1.54) is 6.26 Å². The van der Waals surface area contributed by atoms with Crippen LogP contribution in [0.4, 0.5) is 11.6 Å². The second-order valence-electron chi connectivity index (χ2n) is 6.23. The van der Waals surface area contributed by atoms with Gasteiger partial charge in [0.25, 0.3) is 0 Å². The first kappa shape index (κ1) is 16.1. The number of nitrogens with zero attached hydrogens (tertiary/aromatic N) is 3. The lowest BCUT2D eigenvalue weighted by molar-refractivity contribution is 0.477. The molecule has 0 radical (unpaired) electrons. The molecule has 4 N–H and O–H groups in total. The van der Waals surface area contributed by atoms with Gasteiger partial charge in [-0.3, -0.25) is 0 Å². The maximum atomic E-state index is 12.1. The van der Waals surface area contributed by atoms with Gasteiger partial charge in [0.2, 0.25) is 0 Å². The molecule has 120 valence electrons. The van der Waals surface area contributed by atoms with E-state index in [-0.39, 0.29) is 16.8 Å². The Labute approximate surface area is 126 Å². The molecule has 0 amide bonds. The zero-order valence-corrected chi connectivity index (χ0v) is 13.7. The third kappa shape index (κ3) is 3.49. The van der Waals surface area contributed by atoms with Crippen LogP contribution in [0.1, 0.15) is 26.7 Å². The molecule has 1 aromatic rings. The van der Waals surface area contributed by atoms with Crippen LogP contribution in [0, 0.1) is 5.92 Å². The SMILES string of the molecule is CC(C)Cn1nc(N2CCCC(N)C2)c(S(C)(=O)=O)c1N. The Morgan fingerprint density at radius 3 is 2.62 bits per heavy atom. The lowest BCUT2D eigenvalue weighted by atomic mass is 10.1. The predicted molar refractivity (Wildman–Crippen MR) is 84.0 cm³/mol. The van der Waals surface area contributed by atoms with E-state index in [1.807, 2.05) is 18.7 Å². The topological polar surface area (TPSA) is 107 Å². The Kier molecular flexibility index (Phi) is 4.48. The first-order valence-corrected chi connectivity index (χ1v) is 9.16. The van der Waals surface area contributed by atoms with Crippen molar-refractivity contribution in [3.63, 3.8) is 0 Å². The smallest absolute Gasteiger partial charge is 0.182 e. The van der Waals surface area contributed by atoms with Crippen LogP contribution < -0.4 is 16.4 Å². The van der Waals surface area contributed by atoms with Crippen LogP contribution in [0.3, 0.4) is 0 Å². The van der Waals surface area contributed by atoms with Gasteiger partial charge < -0.3 is 16.4 Å². The maximum absolute atomic E-state index is 12.1. The summed E-state index contributed by atoms with van der Waals surface area (Å²) in [5, 5.41) is 4.46. The van der Waals surface area contributed by atoms with Gasteiger partial charge in [-0.05, 0) is 18.8 Å². The van der Waals surface area contributed by atoms with Crippen LogP contribution in [0.15, 0.2) is 4.90 Å². The van der Waals surface area contributed by atoms with Crippen molar-refractivity contribution in [1.29, 1.82) is 0 Å². The molecule has 1 aliphatic heterocycles. The number of hydrogen-bond donors (Lipinski definition) is 2. The Morgan fingerprint density at radius 2 is 2.10 bits per heavy atom. The number of nitrogens with two attached hydrogens (primary N) is 2. The highest BCUT2D eigenvalue weighted by atomic mass is 32.2. The van der Waals surface area contributed by atoms with Crippen molar-refractivity contribution >= 4 is 21.5 Å². The lowest BCUT2D eigenvalue weighted by Gasteiger charge is -2.31. The van der Waals surface area contributed by atoms with Gasteiger partial charge in [-0.2, -0.15) is 5.10 Å². The van der Waals surface area contributed by atoms with E-state index in [0.29, 0.717) is 24.8 Å². The number of anilines is 2. The highest BCUT2D eigenvalue weighted by Crippen LogP contribution is 2.32. The Morgan fingerprint density at radius 1 is 1.43 bits per heavy atom. The average Bonchev–Trinajstić information content (AvgIpc) is 2.66. The first-order valence-electron chi connectivity index (χ1n) is 7.27. The maximum Gasteiger partial charge on any atom is 0.182 e. The minimum absolute atomic E-state index is 0.0441. The monoisotopic (exact) mass is 315 g/mol. The predicted octanol–water partition coefficient (Wildman–Crippen LogP) is 0.452. The molecule has 21 heavy (non-hydrogen) atoms. The molecule has 0 aliphatic carbocycles. The first-order chi connectivity index (χ1) is 9.70. The third-order valence-electron chi connectivity index (χ3n) is 3.60. The molecule has 0 bridgehead atoms. The average molecular weight is 315 g/mol. The van der Waals surface area contributed by atoms with Gasteiger partial charge in [0.15, 0.2) is 20.6 Å². The largest absolute Gasteiger partial charge is 0.383 e. The fraction of sp³-hybridized carbons (Fsp3) is 0.769. The molecule has 0 spiro atoms. The summed E-state index contributed by atoms with van der Waals surface area (Å²) in [5.74, 6) is 1.00. The normalized spacial score (nSPS) is 20.2. The molecule has 8 heteroatoms. The molecule has 2 heterocycles. The van der Waals surface area contributed by atoms with E-state index in [9.17, 15) is 8.42 Å². The zero-order chi connectivity index (χ0) is 15.8. The fourth-order valence-electron chi connectivity index (χ4n) is 2.70. The summed E-state index contributed by atoms with van der Waals surface area (Å²) in [6, 6.07) is 0.0441. The molecule has 2 rings (SSSR count). The Bertz CT molecular complexity index is 608. The van der Waals surface area contributed by atoms with E-state index < -0.39 is 9.84 Å².